The minimum atomic E-state index is -0.427. The molecule has 2 aromatic carbocycles. The molecule has 148 valence electrons. The summed E-state index contributed by atoms with van der Waals surface area (Å²) in [6, 6.07) is 17.2. The van der Waals surface area contributed by atoms with Crippen LogP contribution in [0.3, 0.4) is 0 Å². The van der Waals surface area contributed by atoms with E-state index in [0.717, 1.165) is 22.6 Å². The average Bonchev–Trinajstić information content (AvgIpc) is 3.16. The van der Waals surface area contributed by atoms with Crippen molar-refractivity contribution < 1.29 is 14.6 Å². The summed E-state index contributed by atoms with van der Waals surface area (Å²) in [7, 11) is 1.63. The maximum absolute atomic E-state index is 13.0. The van der Waals surface area contributed by atoms with E-state index in [4.69, 9.17) is 9.47 Å². The number of nitrogens with zero attached hydrogens (tertiary/aromatic N) is 3. The zero-order valence-corrected chi connectivity index (χ0v) is 16.0. The van der Waals surface area contributed by atoms with Gasteiger partial charge in [-0.05, 0) is 29.8 Å². The average molecular weight is 391 g/mol. The lowest BCUT2D eigenvalue weighted by Gasteiger charge is -2.06. The second-order valence-corrected chi connectivity index (χ2v) is 6.47. The zero-order valence-electron chi connectivity index (χ0n) is 16.0. The largest absolute Gasteiger partial charge is 0.491 e. The number of aliphatic hydroxyl groups is 1. The van der Waals surface area contributed by atoms with Crippen LogP contribution in [-0.4, -0.2) is 39.5 Å². The number of para-hydroxylation sites is 1. The van der Waals surface area contributed by atoms with Gasteiger partial charge < -0.3 is 19.1 Å². The fourth-order valence-electron chi connectivity index (χ4n) is 3.23. The van der Waals surface area contributed by atoms with Gasteiger partial charge in [-0.1, -0.05) is 30.3 Å². The molecule has 0 amide bonds. The third kappa shape index (κ3) is 3.65. The minimum Gasteiger partial charge on any atom is -0.491 e. The summed E-state index contributed by atoms with van der Waals surface area (Å²) < 4.78 is 13.7. The Hall–Kier alpha value is -3.42. The molecule has 0 saturated carbocycles. The van der Waals surface area contributed by atoms with Gasteiger partial charge in [0.15, 0.2) is 5.65 Å². The molecular formula is C22H21N3O4. The van der Waals surface area contributed by atoms with Gasteiger partial charge >= 0.3 is 0 Å². The van der Waals surface area contributed by atoms with E-state index in [-0.39, 0.29) is 5.56 Å². The number of rotatable bonds is 7. The Bertz CT molecular complexity index is 1160. The van der Waals surface area contributed by atoms with Gasteiger partial charge in [-0.15, -0.1) is 0 Å². The smallest absolute Gasteiger partial charge is 0.265 e. The first-order valence-electron chi connectivity index (χ1n) is 9.22. The van der Waals surface area contributed by atoms with E-state index < -0.39 is 6.73 Å². The van der Waals surface area contributed by atoms with Crippen molar-refractivity contribution in [2.24, 2.45) is 0 Å². The molecule has 2 heterocycles. The van der Waals surface area contributed by atoms with Crippen LogP contribution in [0.2, 0.25) is 0 Å². The molecule has 7 nitrogen and oxygen atoms in total. The summed E-state index contributed by atoms with van der Waals surface area (Å²) in [6.07, 6.45) is 3.26. The quantitative estimate of drug-likeness (QED) is 0.490. The maximum atomic E-state index is 13.0. The van der Waals surface area contributed by atoms with Crippen LogP contribution in [0.1, 0.15) is 0 Å². The number of hydrogen-bond acceptors (Lipinski definition) is 5. The van der Waals surface area contributed by atoms with E-state index >= 15 is 0 Å². The van der Waals surface area contributed by atoms with E-state index in [2.05, 4.69) is 4.98 Å². The Labute approximate surface area is 167 Å². The molecule has 0 fully saturated rings. The molecule has 2 aromatic heterocycles. The normalized spacial score (nSPS) is 11.1. The number of fused-ring (bicyclic) bond motifs is 1. The summed E-state index contributed by atoms with van der Waals surface area (Å²) in [5.41, 5.74) is 2.76. The second kappa shape index (κ2) is 8.30. The van der Waals surface area contributed by atoms with Crippen molar-refractivity contribution in [2.75, 3.05) is 20.3 Å². The molecule has 0 bridgehead atoms. The van der Waals surface area contributed by atoms with Crippen LogP contribution in [0, 0.1) is 0 Å². The lowest BCUT2D eigenvalue weighted by atomic mass is 10.1. The van der Waals surface area contributed by atoms with Crippen LogP contribution in [-0.2, 0) is 11.5 Å². The van der Waals surface area contributed by atoms with Crippen LogP contribution in [0.25, 0.3) is 27.8 Å². The van der Waals surface area contributed by atoms with Gasteiger partial charge in [0.25, 0.3) is 5.56 Å². The summed E-state index contributed by atoms with van der Waals surface area (Å²) in [6.45, 7) is 0.553. The first-order valence-corrected chi connectivity index (χ1v) is 9.22. The highest BCUT2D eigenvalue weighted by atomic mass is 16.5. The molecule has 0 spiro atoms. The van der Waals surface area contributed by atoms with Crippen LogP contribution >= 0.6 is 0 Å². The van der Waals surface area contributed by atoms with E-state index in [1.54, 1.807) is 7.11 Å². The van der Waals surface area contributed by atoms with Gasteiger partial charge in [0.1, 0.15) is 25.4 Å². The summed E-state index contributed by atoms with van der Waals surface area (Å²) in [5.74, 6) is 0.725. The Morgan fingerprint density at radius 3 is 2.48 bits per heavy atom. The SMILES string of the molecule is COCCOc1ccc(-c2cn(-c3ccccc3)c3ncn(CO)c(=O)c23)cc1. The molecule has 4 aromatic rings. The van der Waals surface area contributed by atoms with E-state index in [1.165, 1.54) is 10.9 Å². The Morgan fingerprint density at radius 1 is 1.03 bits per heavy atom. The van der Waals surface area contributed by atoms with Crippen molar-refractivity contribution >= 4 is 11.0 Å². The Kier molecular flexibility index (Phi) is 5.41. The number of aliphatic hydroxyl groups excluding tert-OH is 1. The molecule has 4 rings (SSSR count). The standard InChI is InChI=1S/C22H21N3O4/c1-28-11-12-29-18-9-7-16(8-10-18)19-13-25(17-5-3-2-4-6-17)21-20(19)22(27)24(15-26)14-23-21/h2-10,13-14,26H,11-12,15H2,1H3. The van der Waals surface area contributed by atoms with Crippen molar-refractivity contribution in [3.8, 4) is 22.6 Å². The number of methoxy groups -OCH3 is 1. The molecule has 29 heavy (non-hydrogen) atoms. The predicted octanol–water partition coefficient (Wildman–Crippen LogP) is 2.83. The lowest BCUT2D eigenvalue weighted by molar-refractivity contribution is 0.146. The minimum absolute atomic E-state index is 0.289. The molecule has 0 atom stereocenters. The number of benzene rings is 2. The summed E-state index contributed by atoms with van der Waals surface area (Å²) in [4.78, 5) is 17.4. The summed E-state index contributed by atoms with van der Waals surface area (Å²) >= 11 is 0. The van der Waals surface area contributed by atoms with Gasteiger partial charge in [0.05, 0.1) is 12.0 Å². The van der Waals surface area contributed by atoms with Gasteiger partial charge in [-0.25, -0.2) is 4.98 Å². The molecule has 0 radical (unpaired) electrons. The number of ether oxygens (including phenoxy) is 2. The van der Waals surface area contributed by atoms with Crippen LogP contribution in [0.5, 0.6) is 5.75 Å². The second-order valence-electron chi connectivity index (χ2n) is 6.47. The van der Waals surface area contributed by atoms with Crippen molar-refractivity contribution in [1.82, 2.24) is 14.1 Å². The molecule has 7 heteroatoms. The maximum Gasteiger partial charge on any atom is 0.265 e. The van der Waals surface area contributed by atoms with Crippen molar-refractivity contribution in [2.45, 2.75) is 6.73 Å². The molecule has 0 aliphatic carbocycles. The first kappa shape index (κ1) is 18.9. The molecule has 0 aliphatic heterocycles. The van der Waals surface area contributed by atoms with Gasteiger partial charge in [-0.3, -0.25) is 9.36 Å². The van der Waals surface area contributed by atoms with Crippen LogP contribution < -0.4 is 10.3 Å². The monoisotopic (exact) mass is 391 g/mol. The number of aromatic nitrogens is 3. The summed E-state index contributed by atoms with van der Waals surface area (Å²) in [5, 5.41) is 9.95. The molecule has 0 aliphatic rings. The fourth-order valence-corrected chi connectivity index (χ4v) is 3.23. The fraction of sp³-hybridized carbons (Fsp3) is 0.182. The highest BCUT2D eigenvalue weighted by molar-refractivity contribution is 5.94. The van der Waals surface area contributed by atoms with Crippen molar-refractivity contribution in [3.05, 3.63) is 77.5 Å². The topological polar surface area (TPSA) is 78.5 Å². The molecular weight excluding hydrogens is 370 g/mol. The van der Waals surface area contributed by atoms with E-state index in [9.17, 15) is 9.90 Å². The zero-order chi connectivity index (χ0) is 20.2. The third-order valence-electron chi connectivity index (χ3n) is 4.68. The molecule has 0 saturated heterocycles. The third-order valence-corrected chi connectivity index (χ3v) is 4.68. The van der Waals surface area contributed by atoms with Crippen molar-refractivity contribution in [3.63, 3.8) is 0 Å². The highest BCUT2D eigenvalue weighted by Gasteiger charge is 2.17. The van der Waals surface area contributed by atoms with Crippen LogP contribution in [0.4, 0.5) is 0 Å². The first-order chi connectivity index (χ1) is 14.2. The van der Waals surface area contributed by atoms with E-state index in [1.807, 2.05) is 65.4 Å². The van der Waals surface area contributed by atoms with Gasteiger partial charge in [-0.2, -0.15) is 0 Å². The lowest BCUT2D eigenvalue weighted by Crippen LogP contribution is -2.20. The molecule has 0 unspecified atom stereocenters. The van der Waals surface area contributed by atoms with E-state index in [0.29, 0.717) is 24.2 Å². The predicted molar refractivity (Wildman–Crippen MR) is 110 cm³/mol. The van der Waals surface area contributed by atoms with Gasteiger partial charge in [0.2, 0.25) is 0 Å². The van der Waals surface area contributed by atoms with Crippen molar-refractivity contribution in [1.29, 1.82) is 0 Å². The van der Waals surface area contributed by atoms with Crippen LogP contribution in [0.15, 0.2) is 71.9 Å². The Morgan fingerprint density at radius 2 is 1.79 bits per heavy atom. The highest BCUT2D eigenvalue weighted by Crippen LogP contribution is 2.30. The number of hydrogen-bond donors (Lipinski definition) is 1. The Balaban J connectivity index is 1.84. The van der Waals surface area contributed by atoms with Gasteiger partial charge in [0, 0.05) is 24.6 Å². The molecule has 1 N–H and O–H groups in total.